The second kappa shape index (κ2) is 6.40. The number of benzene rings is 1. The first-order chi connectivity index (χ1) is 9.97. The molecule has 21 heavy (non-hydrogen) atoms. The van der Waals surface area contributed by atoms with E-state index in [4.69, 9.17) is 9.78 Å². The van der Waals surface area contributed by atoms with Crippen LogP contribution in [0.5, 0.6) is 0 Å². The zero-order valence-electron chi connectivity index (χ0n) is 12.5. The Labute approximate surface area is 133 Å². The summed E-state index contributed by atoms with van der Waals surface area (Å²) < 4.78 is 6.37. The first-order valence-corrected chi connectivity index (χ1v) is 7.73. The zero-order valence-corrected chi connectivity index (χ0v) is 14.1. The maximum atomic E-state index is 8.93. The molecule has 2 aromatic rings. The fraction of sp³-hybridized carbons (Fsp3) is 0.438. The van der Waals surface area contributed by atoms with Crippen LogP contribution in [0.3, 0.4) is 0 Å². The lowest BCUT2D eigenvalue weighted by molar-refractivity contribution is 0.266. The Bertz CT molecular complexity index is 674. The molecule has 1 atom stereocenters. The fourth-order valence-corrected chi connectivity index (χ4v) is 2.42. The lowest BCUT2D eigenvalue weighted by Crippen LogP contribution is -2.18. The molecule has 0 aliphatic rings. The van der Waals surface area contributed by atoms with E-state index in [2.05, 4.69) is 46.0 Å². The van der Waals surface area contributed by atoms with Gasteiger partial charge in [0.15, 0.2) is 0 Å². The third-order valence-corrected chi connectivity index (χ3v) is 4.69. The van der Waals surface area contributed by atoms with E-state index in [1.165, 1.54) is 0 Å². The summed E-state index contributed by atoms with van der Waals surface area (Å²) in [6, 6.07) is 8.21. The second-order valence-electron chi connectivity index (χ2n) is 5.65. The molecule has 0 saturated heterocycles. The topological polar surface area (TPSA) is 62.7 Å². The van der Waals surface area contributed by atoms with Gasteiger partial charge in [0.05, 0.1) is 6.07 Å². The summed E-state index contributed by atoms with van der Waals surface area (Å²) in [4.78, 5) is 4.46. The number of nitriles is 1. The molecule has 5 heteroatoms. The van der Waals surface area contributed by atoms with Gasteiger partial charge in [0, 0.05) is 22.9 Å². The predicted octanol–water partition coefficient (Wildman–Crippen LogP) is 4.68. The molecular weight excluding hydrogens is 330 g/mol. The van der Waals surface area contributed by atoms with Gasteiger partial charge in [0.1, 0.15) is 0 Å². The summed E-state index contributed by atoms with van der Waals surface area (Å²) >= 11 is 3.51. The van der Waals surface area contributed by atoms with E-state index in [-0.39, 0.29) is 5.41 Å². The largest absolute Gasteiger partial charge is 0.339 e. The zero-order chi connectivity index (χ0) is 15.5. The van der Waals surface area contributed by atoms with Crippen molar-refractivity contribution < 1.29 is 4.52 Å². The number of nitrogens with zero attached hydrogens (tertiary/aromatic N) is 3. The van der Waals surface area contributed by atoms with Crippen molar-refractivity contribution in [2.75, 3.05) is 0 Å². The highest BCUT2D eigenvalue weighted by Crippen LogP contribution is 2.30. The van der Waals surface area contributed by atoms with E-state index in [1.807, 2.05) is 25.1 Å². The van der Waals surface area contributed by atoms with E-state index >= 15 is 0 Å². The average Bonchev–Trinajstić information content (AvgIpc) is 2.90. The van der Waals surface area contributed by atoms with Gasteiger partial charge < -0.3 is 4.52 Å². The smallest absolute Gasteiger partial charge is 0.227 e. The molecule has 0 N–H and O–H groups in total. The normalized spacial score (nSPS) is 13.7. The van der Waals surface area contributed by atoms with E-state index in [1.54, 1.807) is 0 Å². The van der Waals surface area contributed by atoms with Crippen molar-refractivity contribution in [3.05, 3.63) is 34.1 Å². The molecule has 0 spiro atoms. The van der Waals surface area contributed by atoms with Crippen LogP contribution in [0.4, 0.5) is 0 Å². The van der Waals surface area contributed by atoms with Crippen molar-refractivity contribution in [2.24, 2.45) is 5.41 Å². The van der Waals surface area contributed by atoms with Crippen LogP contribution in [-0.2, 0) is 6.42 Å². The highest BCUT2D eigenvalue weighted by Gasteiger charge is 2.25. The van der Waals surface area contributed by atoms with Crippen LogP contribution in [0.15, 0.2) is 27.2 Å². The first-order valence-electron chi connectivity index (χ1n) is 6.93. The maximum Gasteiger partial charge on any atom is 0.227 e. The Kier molecular flexibility index (Phi) is 4.79. The Morgan fingerprint density at radius 1 is 1.43 bits per heavy atom. The summed E-state index contributed by atoms with van der Waals surface area (Å²) in [7, 11) is 0. The van der Waals surface area contributed by atoms with E-state index < -0.39 is 0 Å². The summed E-state index contributed by atoms with van der Waals surface area (Å²) in [6.07, 6.45) is 2.00. The lowest BCUT2D eigenvalue weighted by atomic mass is 9.81. The van der Waals surface area contributed by atoms with Crippen molar-refractivity contribution in [1.82, 2.24) is 10.1 Å². The number of rotatable bonds is 5. The number of hydrogen-bond acceptors (Lipinski definition) is 4. The number of halogens is 1. The van der Waals surface area contributed by atoms with E-state index in [0.29, 0.717) is 24.6 Å². The third kappa shape index (κ3) is 3.70. The van der Waals surface area contributed by atoms with Gasteiger partial charge in [-0.05, 0) is 30.4 Å². The van der Waals surface area contributed by atoms with Crippen molar-refractivity contribution in [1.29, 1.82) is 5.26 Å². The van der Waals surface area contributed by atoms with Crippen molar-refractivity contribution in [3.8, 4) is 17.5 Å². The molecule has 1 heterocycles. The summed E-state index contributed by atoms with van der Waals surface area (Å²) in [5.41, 5.74) is 1.96. The van der Waals surface area contributed by atoms with Crippen LogP contribution in [0.25, 0.3) is 11.4 Å². The molecule has 0 bridgehead atoms. The van der Waals surface area contributed by atoms with Gasteiger partial charge in [-0.2, -0.15) is 10.2 Å². The Hall–Kier alpha value is -1.67. The molecule has 1 aromatic carbocycles. The molecule has 1 unspecified atom stereocenters. The first kappa shape index (κ1) is 15.7. The molecule has 0 aliphatic heterocycles. The predicted molar refractivity (Wildman–Crippen MR) is 84.5 cm³/mol. The summed E-state index contributed by atoms with van der Waals surface area (Å²) in [5, 5.41) is 13.0. The minimum Gasteiger partial charge on any atom is -0.339 e. The molecular formula is C16H18BrN3O. The fourth-order valence-electron chi connectivity index (χ4n) is 2.04. The molecule has 110 valence electrons. The minimum absolute atomic E-state index is 0.119. The van der Waals surface area contributed by atoms with E-state index in [0.717, 1.165) is 22.0 Å². The van der Waals surface area contributed by atoms with Crippen LogP contribution in [0.1, 0.15) is 38.1 Å². The lowest BCUT2D eigenvalue weighted by Gasteiger charge is -2.22. The van der Waals surface area contributed by atoms with Gasteiger partial charge in [-0.15, -0.1) is 0 Å². The van der Waals surface area contributed by atoms with Gasteiger partial charge in [-0.3, -0.25) is 0 Å². The van der Waals surface area contributed by atoms with Gasteiger partial charge in [-0.25, -0.2) is 0 Å². The monoisotopic (exact) mass is 347 g/mol. The second-order valence-corrected chi connectivity index (χ2v) is 6.51. The number of hydrogen-bond donors (Lipinski definition) is 0. The molecule has 1 aromatic heterocycles. The Morgan fingerprint density at radius 3 is 2.81 bits per heavy atom. The van der Waals surface area contributed by atoms with Gasteiger partial charge in [0.25, 0.3) is 0 Å². The van der Waals surface area contributed by atoms with Gasteiger partial charge in [-0.1, -0.05) is 47.1 Å². The third-order valence-electron chi connectivity index (χ3n) is 3.84. The molecule has 0 amide bonds. The maximum absolute atomic E-state index is 8.93. The quantitative estimate of drug-likeness (QED) is 0.787. The number of aromatic nitrogens is 2. The molecule has 0 fully saturated rings. The highest BCUT2D eigenvalue weighted by molar-refractivity contribution is 9.10. The van der Waals surface area contributed by atoms with Crippen LogP contribution < -0.4 is 0 Å². The highest BCUT2D eigenvalue weighted by atomic mass is 79.9. The van der Waals surface area contributed by atoms with Crippen LogP contribution in [0.2, 0.25) is 0 Å². The SMILES string of the molecule is CCC(C)(CC#N)Cc1nc(-c2ccc(C)c(Br)c2)no1. The minimum atomic E-state index is -0.119. The summed E-state index contributed by atoms with van der Waals surface area (Å²) in [5.74, 6) is 1.17. The van der Waals surface area contributed by atoms with Crippen molar-refractivity contribution in [3.63, 3.8) is 0 Å². The van der Waals surface area contributed by atoms with Crippen LogP contribution >= 0.6 is 15.9 Å². The van der Waals surface area contributed by atoms with Crippen LogP contribution in [-0.4, -0.2) is 10.1 Å². The van der Waals surface area contributed by atoms with Gasteiger partial charge in [0.2, 0.25) is 11.7 Å². The molecule has 0 radical (unpaired) electrons. The molecule has 2 rings (SSSR count). The Morgan fingerprint density at radius 2 is 2.19 bits per heavy atom. The molecule has 0 aliphatic carbocycles. The molecule has 0 saturated carbocycles. The summed E-state index contributed by atoms with van der Waals surface area (Å²) in [6.45, 7) is 6.18. The standard InChI is InChI=1S/C16H18BrN3O/c1-4-16(3,7-8-18)10-14-19-15(20-21-14)12-6-5-11(2)13(17)9-12/h5-6,9H,4,7,10H2,1-3H3. The number of aryl methyl sites for hydroxylation is 1. The average molecular weight is 348 g/mol. The Balaban J connectivity index is 2.22. The van der Waals surface area contributed by atoms with Crippen molar-refractivity contribution in [2.45, 2.75) is 40.0 Å². The van der Waals surface area contributed by atoms with Crippen LogP contribution in [0, 0.1) is 23.7 Å². The van der Waals surface area contributed by atoms with Crippen molar-refractivity contribution >= 4 is 15.9 Å². The molecule has 4 nitrogen and oxygen atoms in total. The van der Waals surface area contributed by atoms with Gasteiger partial charge >= 0.3 is 0 Å². The van der Waals surface area contributed by atoms with E-state index in [9.17, 15) is 0 Å².